The highest BCUT2D eigenvalue weighted by Gasteiger charge is 2.09. The van der Waals surface area contributed by atoms with E-state index >= 15 is 0 Å². The lowest BCUT2D eigenvalue weighted by molar-refractivity contribution is 0.0699. The summed E-state index contributed by atoms with van der Waals surface area (Å²) in [4.78, 5) is 19.5. The summed E-state index contributed by atoms with van der Waals surface area (Å²) >= 11 is 0. The Kier molecular flexibility index (Phi) is 4.16. The van der Waals surface area contributed by atoms with Crippen molar-refractivity contribution in [3.05, 3.63) is 60.0 Å². The van der Waals surface area contributed by atoms with Crippen molar-refractivity contribution in [1.82, 2.24) is 15.3 Å². The second kappa shape index (κ2) is 6.41. The van der Waals surface area contributed by atoms with E-state index in [4.69, 9.17) is 4.74 Å². The van der Waals surface area contributed by atoms with Crippen molar-refractivity contribution < 1.29 is 14.6 Å². The largest absolute Gasteiger partial charge is 0.478 e. The minimum absolute atomic E-state index is 0.271. The molecule has 0 spiro atoms. The monoisotopic (exact) mass is 309 g/mol. The zero-order chi connectivity index (χ0) is 16.2. The molecule has 3 rings (SSSR count). The minimum Gasteiger partial charge on any atom is -0.478 e. The van der Waals surface area contributed by atoms with Gasteiger partial charge in [-0.15, -0.1) is 0 Å². The van der Waals surface area contributed by atoms with Gasteiger partial charge in [-0.05, 0) is 42.1 Å². The van der Waals surface area contributed by atoms with Gasteiger partial charge in [-0.25, -0.2) is 14.8 Å². The first kappa shape index (κ1) is 14.9. The van der Waals surface area contributed by atoms with E-state index in [2.05, 4.69) is 15.3 Å². The Morgan fingerprint density at radius 1 is 1.22 bits per heavy atom. The molecule has 0 bridgehead atoms. The lowest BCUT2D eigenvalue weighted by atomic mass is 10.0. The molecule has 0 saturated heterocycles. The standard InChI is InChI=1S/C17H15N3O3/c1-18-9-12-8-16(20-10-19-12)23-13-5-6-14-11(7-13)3-2-4-15(14)17(21)22/h2-8,10,18H,9H2,1H3,(H,21,22). The molecule has 0 aliphatic rings. The molecule has 0 radical (unpaired) electrons. The van der Waals surface area contributed by atoms with Gasteiger partial charge in [-0.3, -0.25) is 0 Å². The normalized spacial score (nSPS) is 10.7. The first-order valence-electron chi connectivity index (χ1n) is 7.07. The van der Waals surface area contributed by atoms with Gasteiger partial charge in [0.25, 0.3) is 0 Å². The Morgan fingerprint density at radius 2 is 2.09 bits per heavy atom. The van der Waals surface area contributed by atoms with Crippen LogP contribution in [0.5, 0.6) is 11.6 Å². The Balaban J connectivity index is 1.92. The summed E-state index contributed by atoms with van der Waals surface area (Å²) in [6.07, 6.45) is 1.45. The molecule has 6 nitrogen and oxygen atoms in total. The third-order valence-electron chi connectivity index (χ3n) is 3.36. The van der Waals surface area contributed by atoms with Gasteiger partial charge in [0.2, 0.25) is 5.88 Å². The van der Waals surface area contributed by atoms with Crippen molar-refractivity contribution in [2.75, 3.05) is 7.05 Å². The first-order chi connectivity index (χ1) is 11.2. The van der Waals surface area contributed by atoms with Gasteiger partial charge in [-0.1, -0.05) is 12.1 Å². The van der Waals surface area contributed by atoms with Crippen molar-refractivity contribution in [2.45, 2.75) is 6.54 Å². The maximum absolute atomic E-state index is 11.2. The molecule has 0 atom stereocenters. The number of hydrogen-bond acceptors (Lipinski definition) is 5. The summed E-state index contributed by atoms with van der Waals surface area (Å²) in [6, 6.07) is 12.2. The number of carboxylic acid groups (broad SMARTS) is 1. The zero-order valence-corrected chi connectivity index (χ0v) is 12.5. The molecule has 2 aromatic carbocycles. The van der Waals surface area contributed by atoms with Gasteiger partial charge in [0, 0.05) is 12.6 Å². The van der Waals surface area contributed by atoms with Crippen LogP contribution in [-0.4, -0.2) is 28.1 Å². The summed E-state index contributed by atoms with van der Waals surface area (Å²) in [5.41, 5.74) is 1.10. The number of fused-ring (bicyclic) bond motifs is 1. The van der Waals surface area contributed by atoms with Crippen LogP contribution in [0, 0.1) is 0 Å². The molecule has 0 saturated carbocycles. The van der Waals surface area contributed by atoms with Gasteiger partial charge >= 0.3 is 5.97 Å². The van der Waals surface area contributed by atoms with Crippen LogP contribution in [0.4, 0.5) is 0 Å². The molecule has 2 N–H and O–H groups in total. The first-order valence-corrected chi connectivity index (χ1v) is 7.07. The second-order valence-electron chi connectivity index (χ2n) is 4.97. The predicted molar refractivity (Wildman–Crippen MR) is 85.8 cm³/mol. The SMILES string of the molecule is CNCc1cc(Oc2ccc3c(C(=O)O)cccc3c2)ncn1. The fraction of sp³-hybridized carbons (Fsp3) is 0.118. The maximum atomic E-state index is 11.2. The number of hydrogen-bond donors (Lipinski definition) is 2. The molecule has 3 aromatic rings. The van der Waals surface area contributed by atoms with E-state index in [0.717, 1.165) is 11.1 Å². The van der Waals surface area contributed by atoms with Crippen molar-refractivity contribution in [3.63, 3.8) is 0 Å². The van der Waals surface area contributed by atoms with Crippen LogP contribution in [0.3, 0.4) is 0 Å². The predicted octanol–water partition coefficient (Wildman–Crippen LogP) is 2.84. The molecular weight excluding hydrogens is 294 g/mol. The van der Waals surface area contributed by atoms with Crippen molar-refractivity contribution >= 4 is 16.7 Å². The van der Waals surface area contributed by atoms with Gasteiger partial charge in [0.1, 0.15) is 12.1 Å². The van der Waals surface area contributed by atoms with E-state index in [-0.39, 0.29) is 5.56 Å². The summed E-state index contributed by atoms with van der Waals surface area (Å²) in [5.74, 6) is 0.0879. The van der Waals surface area contributed by atoms with E-state index < -0.39 is 5.97 Å². The second-order valence-corrected chi connectivity index (χ2v) is 4.97. The van der Waals surface area contributed by atoms with Crippen molar-refractivity contribution in [2.24, 2.45) is 0 Å². The van der Waals surface area contributed by atoms with Crippen LogP contribution in [-0.2, 0) is 6.54 Å². The molecule has 1 heterocycles. The summed E-state index contributed by atoms with van der Waals surface area (Å²) < 4.78 is 5.75. The summed E-state index contributed by atoms with van der Waals surface area (Å²) in [5, 5.41) is 13.7. The Labute approximate surface area is 132 Å². The van der Waals surface area contributed by atoms with Crippen LogP contribution >= 0.6 is 0 Å². The van der Waals surface area contributed by atoms with Crippen LogP contribution in [0.2, 0.25) is 0 Å². The maximum Gasteiger partial charge on any atom is 0.336 e. The molecule has 0 unspecified atom stereocenters. The van der Waals surface area contributed by atoms with Gasteiger partial charge in [0.15, 0.2) is 0 Å². The quantitative estimate of drug-likeness (QED) is 0.754. The Hall–Kier alpha value is -2.99. The van der Waals surface area contributed by atoms with Crippen molar-refractivity contribution in [1.29, 1.82) is 0 Å². The lowest BCUT2D eigenvalue weighted by Crippen LogP contribution is -2.07. The number of nitrogens with one attached hydrogen (secondary N) is 1. The average Bonchev–Trinajstić information content (AvgIpc) is 2.54. The molecule has 1 aromatic heterocycles. The summed E-state index contributed by atoms with van der Waals surface area (Å²) in [6.45, 7) is 0.624. The van der Waals surface area contributed by atoms with Crippen LogP contribution in [0.1, 0.15) is 16.1 Å². The van der Waals surface area contributed by atoms with Gasteiger partial charge in [0.05, 0.1) is 11.3 Å². The third kappa shape index (κ3) is 3.27. The highest BCUT2D eigenvalue weighted by molar-refractivity contribution is 6.03. The van der Waals surface area contributed by atoms with E-state index in [9.17, 15) is 9.90 Å². The number of rotatable bonds is 5. The van der Waals surface area contributed by atoms with Crippen LogP contribution in [0.15, 0.2) is 48.8 Å². The highest BCUT2D eigenvalue weighted by Crippen LogP contribution is 2.26. The smallest absolute Gasteiger partial charge is 0.336 e. The summed E-state index contributed by atoms with van der Waals surface area (Å²) in [7, 11) is 1.84. The van der Waals surface area contributed by atoms with Gasteiger partial charge in [-0.2, -0.15) is 0 Å². The highest BCUT2D eigenvalue weighted by atomic mass is 16.5. The van der Waals surface area contributed by atoms with E-state index in [1.54, 1.807) is 36.4 Å². The van der Waals surface area contributed by atoms with Crippen molar-refractivity contribution in [3.8, 4) is 11.6 Å². The van der Waals surface area contributed by atoms with Crippen LogP contribution < -0.4 is 10.1 Å². The molecule has 0 aliphatic heterocycles. The number of benzene rings is 2. The number of carboxylic acids is 1. The number of ether oxygens (including phenoxy) is 1. The fourth-order valence-corrected chi connectivity index (χ4v) is 2.34. The zero-order valence-electron chi connectivity index (χ0n) is 12.5. The number of carbonyl (C=O) groups is 1. The fourth-order valence-electron chi connectivity index (χ4n) is 2.34. The number of aromatic carboxylic acids is 1. The Morgan fingerprint density at radius 3 is 2.87 bits per heavy atom. The molecular formula is C17H15N3O3. The topological polar surface area (TPSA) is 84.3 Å². The molecule has 6 heteroatoms. The van der Waals surface area contributed by atoms with E-state index in [0.29, 0.717) is 23.6 Å². The van der Waals surface area contributed by atoms with Gasteiger partial charge < -0.3 is 15.2 Å². The molecule has 0 aliphatic carbocycles. The molecule has 0 amide bonds. The van der Waals surface area contributed by atoms with Crippen LogP contribution in [0.25, 0.3) is 10.8 Å². The third-order valence-corrected chi connectivity index (χ3v) is 3.36. The van der Waals surface area contributed by atoms with E-state index in [1.165, 1.54) is 6.33 Å². The lowest BCUT2D eigenvalue weighted by Gasteiger charge is -2.08. The Bertz CT molecular complexity index is 865. The molecule has 116 valence electrons. The number of nitrogens with zero attached hydrogens (tertiary/aromatic N) is 2. The molecule has 23 heavy (non-hydrogen) atoms. The average molecular weight is 309 g/mol. The molecule has 0 fully saturated rings. The minimum atomic E-state index is -0.947. The van der Waals surface area contributed by atoms with E-state index in [1.807, 2.05) is 13.1 Å². The number of aromatic nitrogens is 2.